The topological polar surface area (TPSA) is 14.2 Å². The molecule has 0 unspecified atom stereocenters. The molecule has 0 aliphatic rings. The minimum absolute atomic E-state index is 0.0548. The molecule has 6 heteroatoms. The van der Waals surface area contributed by atoms with E-state index in [2.05, 4.69) is 212 Å². The van der Waals surface area contributed by atoms with E-state index in [1.165, 1.54) is 28.3 Å². The molecule has 13 rings (SSSR count). The third-order valence-corrected chi connectivity index (χ3v) is 15.7. The lowest BCUT2D eigenvalue weighted by molar-refractivity contribution is -0.137. The van der Waals surface area contributed by atoms with Crippen LogP contribution in [0.25, 0.3) is 127 Å². The van der Waals surface area contributed by atoms with E-state index in [1.807, 2.05) is 36.4 Å². The highest BCUT2D eigenvalue weighted by atomic mass is 19.4. The summed E-state index contributed by atoms with van der Waals surface area (Å²) in [5, 5.41) is 4.13. The van der Waals surface area contributed by atoms with E-state index in [0.717, 1.165) is 99.5 Å². The number of nitrogens with zero attached hydrogens (tertiary/aromatic N) is 3. The quantitative estimate of drug-likeness (QED) is 0.135. The van der Waals surface area contributed by atoms with Gasteiger partial charge >= 0.3 is 6.18 Å². The average molecular weight is 1030 g/mol. The van der Waals surface area contributed by atoms with Crippen LogP contribution in [0.2, 0.25) is 0 Å². The van der Waals surface area contributed by atoms with Gasteiger partial charge < -0.3 is 9.13 Å². The molecule has 0 spiro atoms. The maximum atomic E-state index is 15.5. The smallest absolute Gasteiger partial charge is 0.309 e. The van der Waals surface area contributed by atoms with Gasteiger partial charge in [-0.1, -0.05) is 173 Å². The normalized spacial score (nSPS) is 11.8. The largest absolute Gasteiger partial charge is 0.417 e. The number of benzene rings is 11. The van der Waals surface area contributed by atoms with E-state index in [0.29, 0.717) is 27.9 Å². The molecule has 2 heterocycles. The van der Waals surface area contributed by atoms with Crippen LogP contribution < -0.4 is 0 Å². The number of hydrogen-bond donors (Lipinski definition) is 0. The molecule has 0 saturated heterocycles. The molecule has 0 saturated carbocycles. The SMILES string of the molecule is [C-]#[N+]c1ccc(-n2c3ccc(-c4ccc(C)cc4)cc3c3cc(-c4ccc(C)cc4)ccc32)c(-c2cc(-n3c4ccc(-c5ccc(C)cc5)cc4c4cc(-c5ccc(C)cc5)ccc43)ccc2-c2ccc(C)cc2C(F)(F)F)c1. The van der Waals surface area contributed by atoms with Crippen LogP contribution in [0.15, 0.2) is 224 Å². The highest BCUT2D eigenvalue weighted by Crippen LogP contribution is 2.47. The fraction of sp³-hybridized carbons (Fsp3) is 0.0822. The van der Waals surface area contributed by atoms with E-state index in [9.17, 15) is 0 Å². The Morgan fingerprint density at radius 2 is 0.684 bits per heavy atom. The summed E-state index contributed by atoms with van der Waals surface area (Å²) in [6.45, 7) is 18.4. The van der Waals surface area contributed by atoms with E-state index < -0.39 is 11.7 Å². The molecule has 79 heavy (non-hydrogen) atoms. The van der Waals surface area contributed by atoms with E-state index in [-0.39, 0.29) is 5.56 Å². The molecule has 0 fully saturated rings. The lowest BCUT2D eigenvalue weighted by Crippen LogP contribution is -2.08. The molecular weight excluding hydrogens is 976 g/mol. The van der Waals surface area contributed by atoms with Crippen molar-refractivity contribution in [3.05, 3.63) is 269 Å². The van der Waals surface area contributed by atoms with Gasteiger partial charge in [0.15, 0.2) is 5.69 Å². The van der Waals surface area contributed by atoms with Gasteiger partial charge in [-0.2, -0.15) is 13.2 Å². The first-order chi connectivity index (χ1) is 38.3. The zero-order chi connectivity index (χ0) is 54.3. The summed E-state index contributed by atoms with van der Waals surface area (Å²) in [5.41, 5.74) is 20.4. The Bertz CT molecular complexity index is 4400. The second-order valence-electron chi connectivity index (χ2n) is 21.2. The van der Waals surface area contributed by atoms with Crippen molar-refractivity contribution in [1.29, 1.82) is 0 Å². The lowest BCUT2D eigenvalue weighted by Gasteiger charge is -2.21. The molecule has 0 N–H and O–H groups in total. The summed E-state index contributed by atoms with van der Waals surface area (Å²) < 4.78 is 51.0. The zero-order valence-electron chi connectivity index (χ0n) is 44.3. The summed E-state index contributed by atoms with van der Waals surface area (Å²) in [6.07, 6.45) is -4.66. The number of aromatic nitrogens is 2. The summed E-state index contributed by atoms with van der Waals surface area (Å²) in [7, 11) is 0. The van der Waals surface area contributed by atoms with E-state index in [1.54, 1.807) is 19.1 Å². The van der Waals surface area contributed by atoms with Crippen LogP contribution in [-0.4, -0.2) is 9.13 Å². The van der Waals surface area contributed by atoms with Crippen LogP contribution in [-0.2, 0) is 6.18 Å². The van der Waals surface area contributed by atoms with Crippen LogP contribution in [0.1, 0.15) is 33.4 Å². The number of fused-ring (bicyclic) bond motifs is 6. The van der Waals surface area contributed by atoms with Crippen molar-refractivity contribution in [2.75, 3.05) is 0 Å². The molecule has 0 aliphatic carbocycles. The first kappa shape index (κ1) is 48.9. The van der Waals surface area contributed by atoms with Crippen LogP contribution in [0.4, 0.5) is 18.9 Å². The van der Waals surface area contributed by atoms with Crippen LogP contribution in [0.5, 0.6) is 0 Å². The second-order valence-corrected chi connectivity index (χ2v) is 21.2. The third kappa shape index (κ3) is 8.74. The van der Waals surface area contributed by atoms with Crippen molar-refractivity contribution in [1.82, 2.24) is 9.13 Å². The number of aryl methyl sites for hydroxylation is 5. The zero-order valence-corrected chi connectivity index (χ0v) is 44.3. The highest BCUT2D eigenvalue weighted by molar-refractivity contribution is 6.14. The molecule has 0 radical (unpaired) electrons. The fourth-order valence-electron chi connectivity index (χ4n) is 11.5. The first-order valence-electron chi connectivity index (χ1n) is 26.6. The van der Waals surface area contributed by atoms with Gasteiger partial charge in [-0.25, -0.2) is 4.85 Å². The van der Waals surface area contributed by atoms with Gasteiger partial charge in [0.05, 0.1) is 39.9 Å². The number of hydrogen-bond acceptors (Lipinski definition) is 0. The Morgan fingerprint density at radius 1 is 0.316 bits per heavy atom. The Balaban J connectivity index is 1.10. The molecule has 0 aliphatic heterocycles. The molecular formula is C73H52F3N3. The predicted octanol–water partition coefficient (Wildman–Crippen LogP) is 21.0. The third-order valence-electron chi connectivity index (χ3n) is 15.7. The van der Waals surface area contributed by atoms with E-state index >= 15 is 13.2 Å². The van der Waals surface area contributed by atoms with Crippen molar-refractivity contribution < 1.29 is 13.2 Å². The van der Waals surface area contributed by atoms with Gasteiger partial charge in [0.1, 0.15) is 0 Å². The average Bonchev–Trinajstić information content (AvgIpc) is 4.17. The van der Waals surface area contributed by atoms with Gasteiger partial charge in [0.25, 0.3) is 0 Å². The molecule has 0 amide bonds. The van der Waals surface area contributed by atoms with Gasteiger partial charge in [-0.15, -0.1) is 0 Å². The Labute approximate surface area is 457 Å². The van der Waals surface area contributed by atoms with Gasteiger partial charge in [-0.3, -0.25) is 0 Å². The molecule has 13 aromatic rings. The number of halogens is 3. The van der Waals surface area contributed by atoms with Crippen LogP contribution in [0.3, 0.4) is 0 Å². The molecule has 380 valence electrons. The lowest BCUT2D eigenvalue weighted by atomic mass is 9.89. The standard InChI is InChI=1S/C73H52F3N3/c1-44-7-16-49(17-8-44)53-24-32-68-62(38-53)63-39-54(50-18-9-45(2)10-19-50)25-33-69(63)78(68)58-29-31-59(60-30-15-48(5)37-67(60)73(74,75)76)61(43-58)66-42-57(77-6)28-36-72(66)79-70-34-26-55(51-20-11-46(3)12-21-51)40-64(70)65-41-56(27-35-71(65)79)52-22-13-47(4)14-23-52/h7-43H,1-5H3. The summed E-state index contributed by atoms with van der Waals surface area (Å²) >= 11 is 0. The Hall–Kier alpha value is -9.70. The highest BCUT2D eigenvalue weighted by Gasteiger charge is 2.35. The summed E-state index contributed by atoms with van der Waals surface area (Å²) in [6, 6.07) is 76.4. The van der Waals surface area contributed by atoms with Gasteiger partial charge in [0.2, 0.25) is 0 Å². The van der Waals surface area contributed by atoms with E-state index in [4.69, 9.17) is 6.57 Å². The van der Waals surface area contributed by atoms with Crippen LogP contribution in [0, 0.1) is 41.2 Å². The minimum atomic E-state index is -4.66. The Kier molecular flexibility index (Phi) is 11.8. The maximum absolute atomic E-state index is 15.5. The fourth-order valence-corrected chi connectivity index (χ4v) is 11.5. The first-order valence-corrected chi connectivity index (χ1v) is 26.6. The molecule has 3 nitrogen and oxygen atoms in total. The van der Waals surface area contributed by atoms with Crippen molar-refractivity contribution in [2.24, 2.45) is 0 Å². The summed E-state index contributed by atoms with van der Waals surface area (Å²) in [4.78, 5) is 3.96. The summed E-state index contributed by atoms with van der Waals surface area (Å²) in [5.74, 6) is 0. The number of rotatable bonds is 8. The second kappa shape index (κ2) is 19.1. The van der Waals surface area contributed by atoms with Crippen LogP contribution >= 0.6 is 0 Å². The number of alkyl halides is 3. The van der Waals surface area contributed by atoms with Gasteiger partial charge in [0, 0.05) is 27.2 Å². The van der Waals surface area contributed by atoms with Crippen molar-refractivity contribution in [3.8, 4) is 78.1 Å². The maximum Gasteiger partial charge on any atom is 0.417 e. The molecule has 2 aromatic heterocycles. The monoisotopic (exact) mass is 1030 g/mol. The van der Waals surface area contributed by atoms with Crippen molar-refractivity contribution in [3.63, 3.8) is 0 Å². The molecule has 0 atom stereocenters. The van der Waals surface area contributed by atoms with Crippen molar-refractivity contribution >= 4 is 49.3 Å². The van der Waals surface area contributed by atoms with Gasteiger partial charge in [-0.05, 0) is 180 Å². The predicted molar refractivity (Wildman–Crippen MR) is 323 cm³/mol. The van der Waals surface area contributed by atoms with Crippen molar-refractivity contribution in [2.45, 2.75) is 40.8 Å². The minimum Gasteiger partial charge on any atom is -0.309 e. The Morgan fingerprint density at radius 3 is 1.08 bits per heavy atom. The molecule has 11 aromatic carbocycles. The molecule has 0 bridgehead atoms.